The van der Waals surface area contributed by atoms with Crippen molar-refractivity contribution in [3.63, 3.8) is 0 Å². The normalized spacial score (nSPS) is 16.3. The van der Waals surface area contributed by atoms with E-state index in [0.29, 0.717) is 0 Å². The highest BCUT2D eigenvalue weighted by molar-refractivity contribution is 5.56. The molecule has 1 aliphatic rings. The second-order valence-electron chi connectivity index (χ2n) is 5.38. The Balaban J connectivity index is 1.62. The van der Waals surface area contributed by atoms with E-state index in [1.807, 2.05) is 12.1 Å². The van der Waals surface area contributed by atoms with Crippen molar-refractivity contribution in [1.82, 2.24) is 4.90 Å². The summed E-state index contributed by atoms with van der Waals surface area (Å²) in [6.45, 7) is 7.64. The number of nitrogens with zero attached hydrogens (tertiary/aromatic N) is 2. The molecule has 21 heavy (non-hydrogen) atoms. The zero-order valence-electron chi connectivity index (χ0n) is 13.0. The molecule has 0 spiro atoms. The molecule has 0 radical (unpaired) electrons. The van der Waals surface area contributed by atoms with E-state index in [1.165, 1.54) is 5.69 Å². The number of anilines is 2. The van der Waals surface area contributed by atoms with Crippen LogP contribution in [-0.4, -0.2) is 64.6 Å². The number of hydrogen-bond donors (Lipinski definition) is 1. The van der Waals surface area contributed by atoms with Crippen LogP contribution in [0.2, 0.25) is 0 Å². The molecule has 1 heterocycles. The van der Waals surface area contributed by atoms with Crippen molar-refractivity contribution in [1.29, 1.82) is 0 Å². The first kappa shape index (κ1) is 16.1. The second-order valence-corrected chi connectivity index (χ2v) is 5.38. The molecule has 118 valence electrons. The molecular weight excluding hydrogens is 266 g/mol. The number of ether oxygens (including phenoxy) is 2. The van der Waals surface area contributed by atoms with Gasteiger partial charge in [0.2, 0.25) is 0 Å². The highest BCUT2D eigenvalue weighted by Gasteiger charge is 2.16. The highest BCUT2D eigenvalue weighted by atomic mass is 16.5. The van der Waals surface area contributed by atoms with Crippen molar-refractivity contribution in [2.75, 3.05) is 70.3 Å². The second kappa shape index (κ2) is 8.87. The molecule has 2 rings (SSSR count). The lowest BCUT2D eigenvalue weighted by Crippen LogP contribution is -2.47. The van der Waals surface area contributed by atoms with E-state index in [0.717, 1.165) is 64.7 Å². The fraction of sp³-hybridized carbons (Fsp3) is 0.625. The smallest absolute Gasteiger partial charge is 0.0593 e. The van der Waals surface area contributed by atoms with Gasteiger partial charge in [-0.05, 0) is 24.6 Å². The molecule has 1 aliphatic heterocycles. The lowest BCUT2D eigenvalue weighted by molar-refractivity contribution is 0.0824. The van der Waals surface area contributed by atoms with Gasteiger partial charge in [-0.3, -0.25) is 4.90 Å². The van der Waals surface area contributed by atoms with E-state index in [1.54, 1.807) is 7.11 Å². The first-order valence-corrected chi connectivity index (χ1v) is 7.69. The molecule has 1 aromatic rings. The van der Waals surface area contributed by atoms with E-state index < -0.39 is 0 Å². The van der Waals surface area contributed by atoms with Gasteiger partial charge in [0.1, 0.15) is 0 Å². The molecule has 0 amide bonds. The molecule has 0 aliphatic carbocycles. The van der Waals surface area contributed by atoms with Crippen molar-refractivity contribution in [2.24, 2.45) is 0 Å². The molecule has 1 aromatic carbocycles. The minimum atomic E-state index is 0.777. The van der Waals surface area contributed by atoms with Crippen LogP contribution in [0.1, 0.15) is 6.42 Å². The average Bonchev–Trinajstić information content (AvgIpc) is 2.51. The molecule has 0 bridgehead atoms. The number of methoxy groups -OCH3 is 1. The summed E-state index contributed by atoms with van der Waals surface area (Å²) >= 11 is 0. The summed E-state index contributed by atoms with van der Waals surface area (Å²) < 4.78 is 10.6. The maximum absolute atomic E-state index is 5.85. The van der Waals surface area contributed by atoms with Gasteiger partial charge in [0.05, 0.1) is 6.61 Å². The van der Waals surface area contributed by atoms with Crippen molar-refractivity contribution in [3.05, 3.63) is 24.3 Å². The first-order valence-electron chi connectivity index (χ1n) is 7.69. The number of nitrogens with two attached hydrogens (primary N) is 1. The summed E-state index contributed by atoms with van der Waals surface area (Å²) in [5.74, 6) is 0. The van der Waals surface area contributed by atoms with Gasteiger partial charge in [0.25, 0.3) is 0 Å². The zero-order valence-corrected chi connectivity index (χ0v) is 13.0. The summed E-state index contributed by atoms with van der Waals surface area (Å²) in [5.41, 5.74) is 7.91. The zero-order chi connectivity index (χ0) is 14.9. The Morgan fingerprint density at radius 3 is 2.62 bits per heavy atom. The van der Waals surface area contributed by atoms with Crippen LogP contribution in [0.15, 0.2) is 24.3 Å². The maximum atomic E-state index is 5.85. The van der Waals surface area contributed by atoms with Gasteiger partial charge in [-0.2, -0.15) is 0 Å². The van der Waals surface area contributed by atoms with E-state index in [9.17, 15) is 0 Å². The number of benzene rings is 1. The number of nitrogen functional groups attached to an aromatic ring is 1. The van der Waals surface area contributed by atoms with Gasteiger partial charge >= 0.3 is 0 Å². The Morgan fingerprint density at radius 1 is 1.10 bits per heavy atom. The summed E-state index contributed by atoms with van der Waals surface area (Å²) in [6.07, 6.45) is 0.972. The quantitative estimate of drug-likeness (QED) is 0.581. The summed E-state index contributed by atoms with van der Waals surface area (Å²) in [7, 11) is 1.72. The minimum absolute atomic E-state index is 0.777. The number of hydrogen-bond acceptors (Lipinski definition) is 5. The monoisotopic (exact) mass is 293 g/mol. The van der Waals surface area contributed by atoms with Crippen LogP contribution in [0.3, 0.4) is 0 Å². The Labute approximate surface area is 127 Å². The molecule has 5 nitrogen and oxygen atoms in total. The largest absolute Gasteiger partial charge is 0.399 e. The predicted octanol–water partition coefficient (Wildman–Crippen LogP) is 1.44. The van der Waals surface area contributed by atoms with Crippen molar-refractivity contribution >= 4 is 11.4 Å². The number of piperazine rings is 1. The third-order valence-corrected chi connectivity index (χ3v) is 3.80. The van der Waals surface area contributed by atoms with Gasteiger partial charge in [-0.25, -0.2) is 0 Å². The molecule has 1 fully saturated rings. The molecule has 0 unspecified atom stereocenters. The van der Waals surface area contributed by atoms with Crippen LogP contribution in [0.25, 0.3) is 0 Å². The molecule has 5 heteroatoms. The average molecular weight is 293 g/mol. The molecule has 0 saturated carbocycles. The molecular formula is C16H27N3O2. The van der Waals surface area contributed by atoms with E-state index >= 15 is 0 Å². The van der Waals surface area contributed by atoms with Crippen LogP contribution < -0.4 is 10.6 Å². The fourth-order valence-corrected chi connectivity index (χ4v) is 2.55. The Morgan fingerprint density at radius 2 is 1.90 bits per heavy atom. The predicted molar refractivity (Wildman–Crippen MR) is 86.8 cm³/mol. The van der Waals surface area contributed by atoms with Crippen molar-refractivity contribution in [3.8, 4) is 0 Å². The van der Waals surface area contributed by atoms with Crippen LogP contribution in [0, 0.1) is 0 Å². The van der Waals surface area contributed by atoms with Crippen LogP contribution in [0.4, 0.5) is 11.4 Å². The summed E-state index contributed by atoms with van der Waals surface area (Å²) in [4.78, 5) is 4.85. The summed E-state index contributed by atoms with van der Waals surface area (Å²) in [5, 5.41) is 0. The minimum Gasteiger partial charge on any atom is -0.399 e. The van der Waals surface area contributed by atoms with Gasteiger partial charge in [0.15, 0.2) is 0 Å². The van der Waals surface area contributed by atoms with Crippen LogP contribution in [0.5, 0.6) is 0 Å². The van der Waals surface area contributed by atoms with Crippen molar-refractivity contribution < 1.29 is 9.47 Å². The van der Waals surface area contributed by atoms with Gasteiger partial charge in [-0.15, -0.1) is 0 Å². The first-order chi connectivity index (χ1) is 10.3. The van der Waals surface area contributed by atoms with Crippen LogP contribution >= 0.6 is 0 Å². The molecule has 0 aromatic heterocycles. The lowest BCUT2D eigenvalue weighted by atomic mass is 10.2. The standard InChI is InChI=1S/C16H27N3O2/c1-20-11-3-12-21-13-10-18-6-8-19(9-7-18)16-5-2-4-15(17)14-16/h2,4-5,14H,3,6-13,17H2,1H3. The highest BCUT2D eigenvalue weighted by Crippen LogP contribution is 2.18. The third-order valence-electron chi connectivity index (χ3n) is 3.80. The Kier molecular flexibility index (Phi) is 6.79. The van der Waals surface area contributed by atoms with Crippen molar-refractivity contribution in [2.45, 2.75) is 6.42 Å². The maximum Gasteiger partial charge on any atom is 0.0593 e. The fourth-order valence-electron chi connectivity index (χ4n) is 2.55. The van der Waals surface area contributed by atoms with Gasteiger partial charge < -0.3 is 20.1 Å². The van der Waals surface area contributed by atoms with Gasteiger partial charge in [0, 0.05) is 64.4 Å². The SMILES string of the molecule is COCCCOCCN1CCN(c2cccc(N)c2)CC1. The van der Waals surface area contributed by atoms with E-state index in [-0.39, 0.29) is 0 Å². The van der Waals surface area contributed by atoms with E-state index in [2.05, 4.69) is 21.9 Å². The number of rotatable bonds is 8. The third kappa shape index (κ3) is 5.53. The van der Waals surface area contributed by atoms with Gasteiger partial charge in [-0.1, -0.05) is 6.07 Å². The topological polar surface area (TPSA) is 51.0 Å². The molecule has 0 atom stereocenters. The molecule has 1 saturated heterocycles. The summed E-state index contributed by atoms with van der Waals surface area (Å²) in [6, 6.07) is 8.13. The van der Waals surface area contributed by atoms with E-state index in [4.69, 9.17) is 15.2 Å². The Bertz CT molecular complexity index is 406. The lowest BCUT2D eigenvalue weighted by Gasteiger charge is -2.36. The van der Waals surface area contributed by atoms with Crippen LogP contribution in [-0.2, 0) is 9.47 Å². The Hall–Kier alpha value is -1.30. The molecule has 2 N–H and O–H groups in total.